The highest BCUT2D eigenvalue weighted by Crippen LogP contribution is 2.28. The van der Waals surface area contributed by atoms with Gasteiger partial charge in [-0.05, 0) is 36.8 Å². The van der Waals surface area contributed by atoms with Gasteiger partial charge in [-0.15, -0.1) is 0 Å². The normalized spacial score (nSPS) is 19.0. The summed E-state index contributed by atoms with van der Waals surface area (Å²) in [6, 6.07) is 13.7. The van der Waals surface area contributed by atoms with E-state index in [1.54, 1.807) is 19.2 Å². The second kappa shape index (κ2) is 7.06. The number of imide groups is 1. The van der Waals surface area contributed by atoms with Gasteiger partial charge in [0.25, 0.3) is 11.8 Å². The van der Waals surface area contributed by atoms with E-state index < -0.39 is 35.7 Å². The van der Waals surface area contributed by atoms with Crippen LogP contribution in [0, 0.1) is 5.82 Å². The molecule has 2 aromatic rings. The van der Waals surface area contributed by atoms with Crippen molar-refractivity contribution in [3.63, 3.8) is 0 Å². The van der Waals surface area contributed by atoms with E-state index in [1.807, 2.05) is 18.2 Å². The first-order valence-corrected chi connectivity index (χ1v) is 8.29. The van der Waals surface area contributed by atoms with Crippen LogP contribution in [0.15, 0.2) is 54.6 Å². The molecular weight excluding hydrogens is 351 g/mol. The number of rotatable bonds is 5. The molecule has 3 rings (SSSR count). The Hall–Kier alpha value is -3.42. The van der Waals surface area contributed by atoms with Gasteiger partial charge in [0.15, 0.2) is 0 Å². The van der Waals surface area contributed by atoms with E-state index in [2.05, 4.69) is 10.7 Å². The van der Waals surface area contributed by atoms with Crippen LogP contribution in [0.25, 0.3) is 0 Å². The monoisotopic (exact) mass is 370 g/mol. The van der Waals surface area contributed by atoms with Crippen molar-refractivity contribution in [2.75, 3.05) is 18.6 Å². The molecule has 0 aromatic heterocycles. The Balaban J connectivity index is 1.70. The molecule has 7 nitrogen and oxygen atoms in total. The van der Waals surface area contributed by atoms with Crippen LogP contribution >= 0.6 is 0 Å². The van der Waals surface area contributed by atoms with E-state index in [4.69, 9.17) is 0 Å². The molecule has 0 aliphatic carbocycles. The predicted molar refractivity (Wildman–Crippen MR) is 97.0 cm³/mol. The van der Waals surface area contributed by atoms with Crippen LogP contribution in [-0.4, -0.2) is 36.3 Å². The molecule has 1 heterocycles. The number of anilines is 1. The standard InChI is InChI=1S/C19H19FN4O3/c1-19(13-8-10-14(20)11-9-13)17(26)24(18(27)21-19)12-16(25)22-23(2)15-6-4-3-5-7-15/h3-11H,12H2,1-2H3,(H,21,27)(H,22,25)/t19-/m1/s1. The van der Waals surface area contributed by atoms with Crippen LogP contribution in [0.2, 0.25) is 0 Å². The van der Waals surface area contributed by atoms with Crippen molar-refractivity contribution < 1.29 is 18.8 Å². The van der Waals surface area contributed by atoms with Gasteiger partial charge >= 0.3 is 6.03 Å². The number of nitrogens with zero attached hydrogens (tertiary/aromatic N) is 2. The highest BCUT2D eigenvalue weighted by Gasteiger charge is 2.49. The van der Waals surface area contributed by atoms with E-state index in [0.717, 1.165) is 10.6 Å². The molecule has 2 N–H and O–H groups in total. The number of hydrogen-bond acceptors (Lipinski definition) is 4. The summed E-state index contributed by atoms with van der Waals surface area (Å²) in [6.45, 7) is 1.09. The first-order valence-electron chi connectivity index (χ1n) is 8.29. The molecule has 0 saturated carbocycles. The number of hydrogen-bond donors (Lipinski definition) is 2. The number of amides is 4. The van der Waals surface area contributed by atoms with E-state index in [0.29, 0.717) is 5.56 Å². The second-order valence-electron chi connectivity index (χ2n) is 6.38. The number of para-hydroxylation sites is 1. The molecule has 4 amide bonds. The first kappa shape index (κ1) is 18.4. The summed E-state index contributed by atoms with van der Waals surface area (Å²) < 4.78 is 13.1. The van der Waals surface area contributed by atoms with Gasteiger partial charge in [0.1, 0.15) is 17.9 Å². The van der Waals surface area contributed by atoms with Gasteiger partial charge in [-0.2, -0.15) is 0 Å². The summed E-state index contributed by atoms with van der Waals surface area (Å²) in [7, 11) is 1.65. The van der Waals surface area contributed by atoms with Crippen molar-refractivity contribution in [3.8, 4) is 0 Å². The van der Waals surface area contributed by atoms with E-state index in [9.17, 15) is 18.8 Å². The van der Waals surface area contributed by atoms with Gasteiger partial charge in [-0.3, -0.25) is 24.9 Å². The molecule has 1 aliphatic heterocycles. The van der Waals surface area contributed by atoms with Gasteiger partial charge in [0.05, 0.1) is 5.69 Å². The maximum Gasteiger partial charge on any atom is 0.325 e. The lowest BCUT2D eigenvalue weighted by Crippen LogP contribution is -2.47. The third-order valence-corrected chi connectivity index (χ3v) is 4.43. The highest BCUT2D eigenvalue weighted by molar-refractivity contribution is 6.09. The van der Waals surface area contributed by atoms with E-state index in [-0.39, 0.29) is 0 Å². The molecule has 1 fully saturated rings. The Bertz CT molecular complexity index is 872. The van der Waals surface area contributed by atoms with Crippen molar-refractivity contribution in [1.29, 1.82) is 0 Å². The average molecular weight is 370 g/mol. The summed E-state index contributed by atoms with van der Waals surface area (Å²) >= 11 is 0. The highest BCUT2D eigenvalue weighted by atomic mass is 19.1. The molecule has 0 unspecified atom stereocenters. The lowest BCUT2D eigenvalue weighted by Gasteiger charge is -2.23. The number of halogens is 1. The Morgan fingerprint density at radius 3 is 2.41 bits per heavy atom. The third-order valence-electron chi connectivity index (χ3n) is 4.43. The molecule has 140 valence electrons. The summed E-state index contributed by atoms with van der Waals surface area (Å²) in [6.07, 6.45) is 0. The minimum absolute atomic E-state index is 0.432. The molecule has 0 spiro atoms. The van der Waals surface area contributed by atoms with Crippen LogP contribution < -0.4 is 15.8 Å². The smallest absolute Gasteiger partial charge is 0.319 e. The maximum absolute atomic E-state index is 13.1. The minimum Gasteiger partial charge on any atom is -0.319 e. The van der Waals surface area contributed by atoms with Gasteiger partial charge in [-0.1, -0.05) is 30.3 Å². The van der Waals surface area contributed by atoms with Gasteiger partial charge in [0, 0.05) is 7.05 Å². The molecule has 8 heteroatoms. The van der Waals surface area contributed by atoms with Crippen LogP contribution in [-0.2, 0) is 15.1 Å². The van der Waals surface area contributed by atoms with Gasteiger partial charge in [0.2, 0.25) is 0 Å². The summed E-state index contributed by atoms with van der Waals surface area (Å²) in [5.41, 5.74) is 2.44. The van der Waals surface area contributed by atoms with Crippen molar-refractivity contribution in [1.82, 2.24) is 15.6 Å². The number of carbonyl (C=O) groups is 3. The van der Waals surface area contributed by atoms with Crippen molar-refractivity contribution in [2.45, 2.75) is 12.5 Å². The van der Waals surface area contributed by atoms with E-state index in [1.165, 1.54) is 36.2 Å². The number of nitrogens with one attached hydrogen (secondary N) is 2. The van der Waals surface area contributed by atoms with Crippen LogP contribution in [0.5, 0.6) is 0 Å². The number of urea groups is 1. The van der Waals surface area contributed by atoms with Gasteiger partial charge < -0.3 is 5.32 Å². The average Bonchev–Trinajstić information content (AvgIpc) is 2.87. The molecule has 0 radical (unpaired) electrons. The molecule has 27 heavy (non-hydrogen) atoms. The van der Waals surface area contributed by atoms with Gasteiger partial charge in [-0.25, -0.2) is 9.18 Å². The molecule has 2 aromatic carbocycles. The fourth-order valence-corrected chi connectivity index (χ4v) is 2.90. The van der Waals surface area contributed by atoms with Crippen LogP contribution in [0.1, 0.15) is 12.5 Å². The molecule has 1 atom stereocenters. The van der Waals surface area contributed by atoms with Crippen molar-refractivity contribution >= 4 is 23.5 Å². The lowest BCUT2D eigenvalue weighted by atomic mass is 9.92. The third kappa shape index (κ3) is 3.59. The second-order valence-corrected chi connectivity index (χ2v) is 6.38. The zero-order chi connectivity index (χ0) is 19.6. The number of benzene rings is 2. The Labute approximate surface area is 155 Å². The molecule has 1 saturated heterocycles. The summed E-state index contributed by atoms with van der Waals surface area (Å²) in [5, 5.41) is 4.08. The van der Waals surface area contributed by atoms with E-state index >= 15 is 0 Å². The Kier molecular flexibility index (Phi) is 4.81. The molecule has 1 aliphatic rings. The fourth-order valence-electron chi connectivity index (χ4n) is 2.90. The van der Waals surface area contributed by atoms with Crippen molar-refractivity contribution in [3.05, 3.63) is 66.0 Å². The zero-order valence-corrected chi connectivity index (χ0v) is 14.9. The summed E-state index contributed by atoms with van der Waals surface area (Å²) in [4.78, 5) is 38.2. The maximum atomic E-state index is 13.1. The molecular formula is C19H19FN4O3. The lowest BCUT2D eigenvalue weighted by molar-refractivity contribution is -0.134. The largest absolute Gasteiger partial charge is 0.325 e. The fraction of sp³-hybridized carbons (Fsp3) is 0.211. The minimum atomic E-state index is -1.35. The van der Waals surface area contributed by atoms with Crippen molar-refractivity contribution in [2.24, 2.45) is 0 Å². The van der Waals surface area contributed by atoms with Crippen LogP contribution in [0.3, 0.4) is 0 Å². The summed E-state index contributed by atoms with van der Waals surface area (Å²) in [5.74, 6) is -1.54. The predicted octanol–water partition coefficient (Wildman–Crippen LogP) is 1.76. The quantitative estimate of drug-likeness (QED) is 0.621. The number of carbonyl (C=O) groups excluding carboxylic acids is 3. The van der Waals surface area contributed by atoms with Crippen LogP contribution in [0.4, 0.5) is 14.9 Å². The number of hydrazine groups is 1. The first-order chi connectivity index (χ1) is 12.8. The topological polar surface area (TPSA) is 81.8 Å². The zero-order valence-electron chi connectivity index (χ0n) is 14.9. The Morgan fingerprint density at radius 1 is 1.15 bits per heavy atom. The Morgan fingerprint density at radius 2 is 1.78 bits per heavy atom. The molecule has 0 bridgehead atoms. The SMILES string of the molecule is CN(NC(=O)CN1C(=O)N[C@](C)(c2ccc(F)cc2)C1=O)c1ccccc1.